The molecule has 136 valence electrons. The quantitative estimate of drug-likeness (QED) is 0.595. The number of carbonyl (C=O) groups is 1. The van der Waals surface area contributed by atoms with Gasteiger partial charge in [-0.15, -0.1) is 0 Å². The van der Waals surface area contributed by atoms with E-state index in [2.05, 4.69) is 9.97 Å². The Hall–Kier alpha value is -3.23. The predicted molar refractivity (Wildman–Crippen MR) is 91.2 cm³/mol. The summed E-state index contributed by atoms with van der Waals surface area (Å²) in [6.07, 6.45) is 4.36. The Morgan fingerprint density at radius 3 is 2.58 bits per heavy atom. The number of aromatic nitrogens is 2. The molecule has 1 fully saturated rings. The van der Waals surface area contributed by atoms with Crippen LogP contribution in [0.1, 0.15) is 23.2 Å². The summed E-state index contributed by atoms with van der Waals surface area (Å²) in [5.74, 6) is 0.412. The molecular formula is C17H18N4O5. The largest absolute Gasteiger partial charge is 0.477 e. The SMILES string of the molecule is COc1nccnc1OC1CCCN(C(=O)c2ccc([N+](=O)[O-])cc2)C1. The van der Waals surface area contributed by atoms with Crippen LogP contribution in [0.5, 0.6) is 11.8 Å². The maximum absolute atomic E-state index is 12.6. The summed E-state index contributed by atoms with van der Waals surface area (Å²) < 4.78 is 11.0. The zero-order valence-electron chi connectivity index (χ0n) is 14.2. The maximum Gasteiger partial charge on any atom is 0.278 e. The highest BCUT2D eigenvalue weighted by Gasteiger charge is 2.27. The van der Waals surface area contributed by atoms with Crippen LogP contribution in [0.2, 0.25) is 0 Å². The summed E-state index contributed by atoms with van der Waals surface area (Å²) in [4.78, 5) is 32.7. The van der Waals surface area contributed by atoms with Gasteiger partial charge in [0.05, 0.1) is 18.6 Å². The van der Waals surface area contributed by atoms with Crippen molar-refractivity contribution < 1.29 is 19.2 Å². The molecule has 0 spiro atoms. The number of hydrogen-bond acceptors (Lipinski definition) is 7. The third-order valence-electron chi connectivity index (χ3n) is 4.10. The molecule has 1 atom stereocenters. The molecule has 2 aromatic rings. The van der Waals surface area contributed by atoms with Gasteiger partial charge in [-0.2, -0.15) is 0 Å². The van der Waals surface area contributed by atoms with Gasteiger partial charge in [0.2, 0.25) is 0 Å². The number of ether oxygens (including phenoxy) is 2. The van der Waals surface area contributed by atoms with Gasteiger partial charge in [0, 0.05) is 36.6 Å². The molecule has 3 rings (SSSR count). The van der Waals surface area contributed by atoms with Gasteiger partial charge in [0.1, 0.15) is 6.10 Å². The van der Waals surface area contributed by atoms with E-state index in [0.717, 1.165) is 12.8 Å². The van der Waals surface area contributed by atoms with Crippen molar-refractivity contribution in [1.82, 2.24) is 14.9 Å². The Morgan fingerprint density at radius 2 is 1.92 bits per heavy atom. The first kappa shape index (κ1) is 17.6. The summed E-state index contributed by atoms with van der Waals surface area (Å²) in [6, 6.07) is 5.60. The Balaban J connectivity index is 1.67. The van der Waals surface area contributed by atoms with Gasteiger partial charge in [-0.05, 0) is 25.0 Å². The summed E-state index contributed by atoms with van der Waals surface area (Å²) in [7, 11) is 1.49. The first-order valence-electron chi connectivity index (χ1n) is 8.14. The first-order valence-corrected chi connectivity index (χ1v) is 8.14. The van der Waals surface area contributed by atoms with Crippen molar-refractivity contribution in [1.29, 1.82) is 0 Å². The second kappa shape index (κ2) is 7.77. The smallest absolute Gasteiger partial charge is 0.278 e. The van der Waals surface area contributed by atoms with Crippen LogP contribution in [-0.2, 0) is 0 Å². The van der Waals surface area contributed by atoms with Crippen molar-refractivity contribution in [2.24, 2.45) is 0 Å². The molecule has 1 amide bonds. The van der Waals surface area contributed by atoms with E-state index in [0.29, 0.717) is 30.4 Å². The fraction of sp³-hybridized carbons (Fsp3) is 0.353. The molecule has 1 aliphatic rings. The van der Waals surface area contributed by atoms with E-state index < -0.39 is 4.92 Å². The summed E-state index contributed by atoms with van der Waals surface area (Å²) in [6.45, 7) is 1.00. The molecule has 0 N–H and O–H groups in total. The van der Waals surface area contributed by atoms with Crippen molar-refractivity contribution in [3.63, 3.8) is 0 Å². The number of piperidine rings is 1. The number of hydrogen-bond donors (Lipinski definition) is 0. The molecule has 1 aliphatic heterocycles. The standard InChI is InChI=1S/C17H18N4O5/c1-25-15-16(19-9-8-18-15)26-14-3-2-10-20(11-14)17(22)12-4-6-13(7-5-12)21(23)24/h4-9,14H,2-3,10-11H2,1H3. The average Bonchev–Trinajstić information content (AvgIpc) is 2.68. The van der Waals surface area contributed by atoms with E-state index in [1.807, 2.05) is 0 Å². The number of methoxy groups -OCH3 is 1. The first-order chi connectivity index (χ1) is 12.6. The van der Waals surface area contributed by atoms with Gasteiger partial charge in [-0.3, -0.25) is 14.9 Å². The molecule has 26 heavy (non-hydrogen) atoms. The highest BCUT2D eigenvalue weighted by Crippen LogP contribution is 2.24. The Kier molecular flexibility index (Phi) is 5.26. The number of nitrogens with zero attached hydrogens (tertiary/aromatic N) is 4. The van der Waals surface area contributed by atoms with Crippen molar-refractivity contribution >= 4 is 11.6 Å². The molecule has 0 saturated carbocycles. The van der Waals surface area contributed by atoms with E-state index in [4.69, 9.17) is 9.47 Å². The molecule has 1 saturated heterocycles. The van der Waals surface area contributed by atoms with E-state index in [1.165, 1.54) is 43.8 Å². The van der Waals surface area contributed by atoms with Crippen LogP contribution in [0, 0.1) is 10.1 Å². The Bertz CT molecular complexity index is 796. The van der Waals surface area contributed by atoms with Gasteiger partial charge >= 0.3 is 0 Å². The predicted octanol–water partition coefficient (Wildman–Crippen LogP) is 2.08. The van der Waals surface area contributed by atoms with Gasteiger partial charge < -0.3 is 14.4 Å². The molecular weight excluding hydrogens is 340 g/mol. The van der Waals surface area contributed by atoms with Gasteiger partial charge in [0.25, 0.3) is 23.4 Å². The van der Waals surface area contributed by atoms with Crippen LogP contribution >= 0.6 is 0 Å². The van der Waals surface area contributed by atoms with E-state index in [9.17, 15) is 14.9 Å². The number of nitro benzene ring substituents is 1. The lowest BCUT2D eigenvalue weighted by Gasteiger charge is -2.32. The Morgan fingerprint density at radius 1 is 1.23 bits per heavy atom. The van der Waals surface area contributed by atoms with Crippen molar-refractivity contribution in [2.45, 2.75) is 18.9 Å². The fourth-order valence-electron chi connectivity index (χ4n) is 2.82. The van der Waals surface area contributed by atoms with E-state index >= 15 is 0 Å². The zero-order valence-corrected chi connectivity index (χ0v) is 14.2. The summed E-state index contributed by atoms with van der Waals surface area (Å²) in [5, 5.41) is 10.7. The number of rotatable bonds is 5. The lowest BCUT2D eigenvalue weighted by Crippen LogP contribution is -2.44. The van der Waals surface area contributed by atoms with E-state index in [-0.39, 0.29) is 17.7 Å². The number of nitro groups is 1. The third kappa shape index (κ3) is 3.88. The second-order valence-corrected chi connectivity index (χ2v) is 5.81. The number of benzene rings is 1. The minimum atomic E-state index is -0.493. The van der Waals surface area contributed by atoms with E-state index in [1.54, 1.807) is 4.90 Å². The normalized spacial score (nSPS) is 16.8. The Labute approximate surface area is 149 Å². The average molecular weight is 358 g/mol. The van der Waals surface area contributed by atoms with Crippen LogP contribution in [0.15, 0.2) is 36.7 Å². The van der Waals surface area contributed by atoms with Crippen molar-refractivity contribution in [2.75, 3.05) is 20.2 Å². The molecule has 1 aromatic carbocycles. The number of amides is 1. The van der Waals surface area contributed by atoms with Crippen molar-refractivity contribution in [3.8, 4) is 11.8 Å². The number of likely N-dealkylation sites (tertiary alicyclic amines) is 1. The zero-order chi connectivity index (χ0) is 18.5. The van der Waals surface area contributed by atoms with Gasteiger partial charge in [-0.25, -0.2) is 9.97 Å². The van der Waals surface area contributed by atoms with Gasteiger partial charge in [0.15, 0.2) is 0 Å². The van der Waals surface area contributed by atoms with Crippen LogP contribution in [0.3, 0.4) is 0 Å². The van der Waals surface area contributed by atoms with Gasteiger partial charge in [-0.1, -0.05) is 0 Å². The summed E-state index contributed by atoms with van der Waals surface area (Å²) >= 11 is 0. The lowest BCUT2D eigenvalue weighted by molar-refractivity contribution is -0.384. The monoisotopic (exact) mass is 358 g/mol. The molecule has 1 aromatic heterocycles. The minimum Gasteiger partial charge on any atom is -0.477 e. The van der Waals surface area contributed by atoms with Crippen molar-refractivity contribution in [3.05, 3.63) is 52.3 Å². The summed E-state index contributed by atoms with van der Waals surface area (Å²) in [5.41, 5.74) is 0.365. The molecule has 9 heteroatoms. The van der Waals surface area contributed by atoms with Crippen LogP contribution in [0.25, 0.3) is 0 Å². The molecule has 1 unspecified atom stereocenters. The highest BCUT2D eigenvalue weighted by atomic mass is 16.6. The topological polar surface area (TPSA) is 108 Å². The van der Waals surface area contributed by atoms with Crippen LogP contribution in [-0.4, -0.2) is 52.0 Å². The van der Waals surface area contributed by atoms with Crippen LogP contribution < -0.4 is 9.47 Å². The molecule has 2 heterocycles. The molecule has 0 radical (unpaired) electrons. The minimum absolute atomic E-state index is 0.0452. The number of non-ortho nitro benzene ring substituents is 1. The highest BCUT2D eigenvalue weighted by molar-refractivity contribution is 5.94. The fourth-order valence-corrected chi connectivity index (χ4v) is 2.82. The molecule has 0 aliphatic carbocycles. The molecule has 9 nitrogen and oxygen atoms in total. The molecule has 0 bridgehead atoms. The maximum atomic E-state index is 12.6. The number of carbonyl (C=O) groups excluding carboxylic acids is 1. The van der Waals surface area contributed by atoms with Crippen LogP contribution in [0.4, 0.5) is 5.69 Å². The lowest BCUT2D eigenvalue weighted by atomic mass is 10.1. The third-order valence-corrected chi connectivity index (χ3v) is 4.10. The second-order valence-electron chi connectivity index (χ2n) is 5.81.